The smallest absolute Gasteiger partial charge is 0.227 e. The van der Waals surface area contributed by atoms with Crippen LogP contribution in [0.2, 0.25) is 0 Å². The highest BCUT2D eigenvalue weighted by Crippen LogP contribution is 2.32. The first-order valence-corrected chi connectivity index (χ1v) is 7.39. The fourth-order valence-electron chi connectivity index (χ4n) is 2.34. The van der Waals surface area contributed by atoms with E-state index in [9.17, 15) is 9.59 Å². The highest BCUT2D eigenvalue weighted by atomic mass is 79.9. The molecule has 5 heteroatoms. The Morgan fingerprint density at radius 2 is 2.21 bits per heavy atom. The molecule has 0 unspecified atom stereocenters. The summed E-state index contributed by atoms with van der Waals surface area (Å²) >= 11 is 9.05. The minimum absolute atomic E-state index is 0.0391. The van der Waals surface area contributed by atoms with Crippen molar-refractivity contribution in [3.63, 3.8) is 0 Å². The molecule has 102 valence electrons. The van der Waals surface area contributed by atoms with Gasteiger partial charge in [0.1, 0.15) is 0 Å². The lowest BCUT2D eigenvalue weighted by Gasteiger charge is -2.19. The van der Waals surface area contributed by atoms with Crippen LogP contribution in [0.4, 0.5) is 5.69 Å². The maximum absolute atomic E-state index is 12.0. The Morgan fingerprint density at radius 3 is 2.74 bits per heavy atom. The van der Waals surface area contributed by atoms with E-state index in [0.29, 0.717) is 6.54 Å². The zero-order valence-corrected chi connectivity index (χ0v) is 13.2. The maximum Gasteiger partial charge on any atom is 0.227 e. The number of carbonyl (C=O) groups is 2. The van der Waals surface area contributed by atoms with Gasteiger partial charge in [-0.15, -0.1) is 0 Å². The molecule has 0 N–H and O–H groups in total. The number of hydrogen-bond acceptors (Lipinski definition) is 2. The van der Waals surface area contributed by atoms with Gasteiger partial charge in [0.25, 0.3) is 0 Å². The summed E-state index contributed by atoms with van der Waals surface area (Å²) in [5.74, 6) is -0.425. The largest absolute Gasteiger partial charge is 0.312 e. The Hall–Kier alpha value is -0.870. The molecule has 0 radical (unpaired) electrons. The summed E-state index contributed by atoms with van der Waals surface area (Å²) in [5, 5.41) is -0.430. The van der Waals surface area contributed by atoms with Gasteiger partial charge in [0, 0.05) is 23.1 Å². The molecule has 1 saturated heterocycles. The average Bonchev–Trinajstić information content (AvgIpc) is 2.75. The van der Waals surface area contributed by atoms with E-state index >= 15 is 0 Å². The Morgan fingerprint density at radius 1 is 1.53 bits per heavy atom. The number of halogens is 2. The Balaban J connectivity index is 2.35. The molecular weight excluding hydrogens is 330 g/mol. The van der Waals surface area contributed by atoms with Crippen LogP contribution in [-0.2, 0) is 16.0 Å². The third-order valence-electron chi connectivity index (χ3n) is 3.45. The monoisotopic (exact) mass is 343 g/mol. The van der Waals surface area contributed by atoms with E-state index in [2.05, 4.69) is 22.9 Å². The number of anilines is 1. The quantitative estimate of drug-likeness (QED) is 0.788. The van der Waals surface area contributed by atoms with E-state index in [1.165, 1.54) is 0 Å². The van der Waals surface area contributed by atoms with Gasteiger partial charge in [0.05, 0.1) is 5.92 Å². The molecule has 1 aliphatic heterocycles. The zero-order chi connectivity index (χ0) is 14.2. The van der Waals surface area contributed by atoms with Gasteiger partial charge < -0.3 is 4.90 Å². The van der Waals surface area contributed by atoms with Crippen molar-refractivity contribution in [1.29, 1.82) is 0 Å². The minimum Gasteiger partial charge on any atom is -0.312 e. The summed E-state index contributed by atoms with van der Waals surface area (Å²) in [4.78, 5) is 24.8. The lowest BCUT2D eigenvalue weighted by Crippen LogP contribution is -2.25. The maximum atomic E-state index is 12.0. The van der Waals surface area contributed by atoms with Gasteiger partial charge in [-0.1, -0.05) is 22.9 Å². The third-order valence-corrected chi connectivity index (χ3v) is 4.90. The summed E-state index contributed by atoms with van der Waals surface area (Å²) in [6.45, 7) is 4.45. The molecule has 2 rings (SSSR count). The number of rotatable bonds is 3. The lowest BCUT2D eigenvalue weighted by molar-refractivity contribution is -0.120. The first-order valence-electron chi connectivity index (χ1n) is 6.22. The number of aryl methyl sites for hydroxylation is 2. The van der Waals surface area contributed by atoms with Crippen LogP contribution >= 0.6 is 27.5 Å². The molecule has 19 heavy (non-hydrogen) atoms. The molecule has 0 bridgehead atoms. The first-order chi connectivity index (χ1) is 8.93. The molecule has 0 saturated carbocycles. The zero-order valence-electron chi connectivity index (χ0n) is 10.9. The third kappa shape index (κ3) is 2.84. The molecule has 0 aromatic heterocycles. The van der Waals surface area contributed by atoms with E-state index in [4.69, 9.17) is 11.6 Å². The van der Waals surface area contributed by atoms with Crippen LogP contribution in [0.5, 0.6) is 0 Å². The van der Waals surface area contributed by atoms with Crippen molar-refractivity contribution in [2.75, 3.05) is 11.4 Å². The summed E-state index contributed by atoms with van der Waals surface area (Å²) in [6.07, 6.45) is 1.09. The van der Waals surface area contributed by atoms with E-state index in [0.717, 1.165) is 27.7 Å². The Bertz CT molecular complexity index is 544. The van der Waals surface area contributed by atoms with Crippen molar-refractivity contribution in [2.45, 2.75) is 26.7 Å². The van der Waals surface area contributed by atoms with E-state index in [1.807, 2.05) is 19.1 Å². The van der Waals surface area contributed by atoms with E-state index in [-0.39, 0.29) is 18.2 Å². The molecule has 1 amide bonds. The van der Waals surface area contributed by atoms with Crippen molar-refractivity contribution < 1.29 is 9.59 Å². The van der Waals surface area contributed by atoms with Gasteiger partial charge in [-0.2, -0.15) is 0 Å². The fourth-order valence-corrected chi connectivity index (χ4v) is 3.00. The average molecular weight is 345 g/mol. The first kappa shape index (κ1) is 14.5. The van der Waals surface area contributed by atoms with E-state index < -0.39 is 5.24 Å². The minimum atomic E-state index is -0.430. The number of amides is 1. The second kappa shape index (κ2) is 5.63. The summed E-state index contributed by atoms with van der Waals surface area (Å²) in [5.41, 5.74) is 3.09. The number of nitrogens with zero attached hydrogens (tertiary/aromatic N) is 1. The molecule has 1 atom stereocenters. The fraction of sp³-hybridized carbons (Fsp3) is 0.429. The SMILES string of the molecule is CCc1cc(N2C[C@H](C(=O)Cl)CC2=O)cc(C)c1Br. The van der Waals surface area contributed by atoms with Gasteiger partial charge in [0.2, 0.25) is 11.1 Å². The van der Waals surface area contributed by atoms with Gasteiger partial charge in [0.15, 0.2) is 0 Å². The molecule has 1 aromatic carbocycles. The van der Waals surface area contributed by atoms with Crippen LogP contribution in [0.15, 0.2) is 16.6 Å². The van der Waals surface area contributed by atoms with Crippen LogP contribution in [-0.4, -0.2) is 17.7 Å². The molecule has 1 aliphatic rings. The molecule has 1 heterocycles. The molecule has 0 spiro atoms. The molecule has 1 fully saturated rings. The van der Waals surface area contributed by atoms with E-state index in [1.54, 1.807) is 4.90 Å². The topological polar surface area (TPSA) is 37.4 Å². The highest BCUT2D eigenvalue weighted by molar-refractivity contribution is 9.10. The molecule has 3 nitrogen and oxygen atoms in total. The molecule has 1 aromatic rings. The summed E-state index contributed by atoms with van der Waals surface area (Å²) < 4.78 is 1.08. The van der Waals surface area contributed by atoms with Crippen LogP contribution in [0.3, 0.4) is 0 Å². The van der Waals surface area contributed by atoms with Gasteiger partial charge in [-0.05, 0) is 48.2 Å². The summed E-state index contributed by atoms with van der Waals surface area (Å²) in [6, 6.07) is 3.96. The van der Waals surface area contributed by atoms with Crippen molar-refractivity contribution in [3.05, 3.63) is 27.7 Å². The molecular formula is C14H15BrClNO2. The summed E-state index contributed by atoms with van der Waals surface area (Å²) in [7, 11) is 0. The molecule has 0 aliphatic carbocycles. The standard InChI is InChI=1S/C14H15BrClNO2/c1-3-9-5-11(4-8(2)13(9)15)17-7-10(14(16)19)6-12(17)18/h4-5,10H,3,6-7H2,1-2H3/t10-/m1/s1. The predicted octanol–water partition coefficient (Wildman–Crippen LogP) is 3.44. The van der Waals surface area contributed by atoms with Crippen molar-refractivity contribution in [3.8, 4) is 0 Å². The van der Waals surface area contributed by atoms with Crippen molar-refractivity contribution >= 4 is 44.4 Å². The second-order valence-electron chi connectivity index (χ2n) is 4.80. The number of benzene rings is 1. The van der Waals surface area contributed by atoms with Crippen LogP contribution in [0.25, 0.3) is 0 Å². The van der Waals surface area contributed by atoms with Crippen molar-refractivity contribution in [2.24, 2.45) is 5.92 Å². The van der Waals surface area contributed by atoms with Gasteiger partial charge in [-0.25, -0.2) is 0 Å². The Kier molecular flexibility index (Phi) is 4.31. The van der Waals surface area contributed by atoms with Crippen LogP contribution < -0.4 is 4.90 Å². The van der Waals surface area contributed by atoms with Crippen molar-refractivity contribution in [1.82, 2.24) is 0 Å². The number of hydrogen-bond donors (Lipinski definition) is 0. The second-order valence-corrected chi connectivity index (χ2v) is 5.96. The lowest BCUT2D eigenvalue weighted by atomic mass is 10.1. The van der Waals surface area contributed by atoms with Gasteiger partial charge in [-0.3, -0.25) is 9.59 Å². The van der Waals surface area contributed by atoms with Gasteiger partial charge >= 0.3 is 0 Å². The van der Waals surface area contributed by atoms with Crippen LogP contribution in [0.1, 0.15) is 24.5 Å². The normalized spacial score (nSPS) is 19.1. The highest BCUT2D eigenvalue weighted by Gasteiger charge is 2.34. The number of carbonyl (C=O) groups excluding carboxylic acids is 2. The predicted molar refractivity (Wildman–Crippen MR) is 79.6 cm³/mol. The van der Waals surface area contributed by atoms with Crippen LogP contribution in [0, 0.1) is 12.8 Å². The Labute approximate surface area is 126 Å².